The van der Waals surface area contributed by atoms with Gasteiger partial charge in [-0.2, -0.15) is 5.10 Å². The van der Waals surface area contributed by atoms with E-state index in [0.717, 1.165) is 21.8 Å². The number of carbonyl (C=O) groups is 1. The lowest BCUT2D eigenvalue weighted by Gasteiger charge is -2.19. The summed E-state index contributed by atoms with van der Waals surface area (Å²) in [6.45, 7) is 0.402. The van der Waals surface area contributed by atoms with E-state index in [9.17, 15) is 4.79 Å². The fraction of sp³-hybridized carbons (Fsp3) is 0.167. The zero-order valence-corrected chi connectivity index (χ0v) is 18.4. The maximum Gasteiger partial charge on any atom is 0.257 e. The molecule has 0 bridgehead atoms. The molecule has 0 N–H and O–H groups in total. The van der Waals surface area contributed by atoms with Crippen LogP contribution in [-0.4, -0.2) is 41.9 Å². The third-order valence-corrected chi connectivity index (χ3v) is 5.83. The molecule has 2 aromatic heterocycles. The topological polar surface area (TPSA) is 56.6 Å². The lowest BCUT2D eigenvalue weighted by Crippen LogP contribution is -2.26. The molecule has 2 aromatic carbocycles. The van der Waals surface area contributed by atoms with Crippen molar-refractivity contribution >= 4 is 17.2 Å². The predicted octanol–water partition coefficient (Wildman–Crippen LogP) is 4.89. The number of hydrogen-bond acceptors (Lipinski definition) is 5. The molecule has 31 heavy (non-hydrogen) atoms. The smallest absolute Gasteiger partial charge is 0.257 e. The summed E-state index contributed by atoms with van der Waals surface area (Å²) in [5.41, 5.74) is 3.26. The second kappa shape index (κ2) is 9.06. The molecular formula is C24H23N3O3S. The van der Waals surface area contributed by atoms with Crippen LogP contribution >= 0.6 is 11.3 Å². The summed E-state index contributed by atoms with van der Waals surface area (Å²) in [6.07, 6.45) is 1.98. The fourth-order valence-corrected chi connectivity index (χ4v) is 4.12. The van der Waals surface area contributed by atoms with E-state index in [0.29, 0.717) is 23.6 Å². The van der Waals surface area contributed by atoms with E-state index in [1.54, 1.807) is 55.7 Å². The zero-order valence-electron chi connectivity index (χ0n) is 17.6. The van der Waals surface area contributed by atoms with Gasteiger partial charge in [-0.3, -0.25) is 4.79 Å². The Kier molecular flexibility index (Phi) is 6.04. The summed E-state index contributed by atoms with van der Waals surface area (Å²) in [6, 6.07) is 19.2. The van der Waals surface area contributed by atoms with Crippen molar-refractivity contribution < 1.29 is 14.3 Å². The Morgan fingerprint density at radius 3 is 2.55 bits per heavy atom. The van der Waals surface area contributed by atoms with Crippen LogP contribution in [0.2, 0.25) is 0 Å². The number of rotatable bonds is 7. The minimum absolute atomic E-state index is 0.152. The largest absolute Gasteiger partial charge is 0.497 e. The van der Waals surface area contributed by atoms with Gasteiger partial charge >= 0.3 is 0 Å². The second-order valence-corrected chi connectivity index (χ2v) is 7.94. The molecular weight excluding hydrogens is 410 g/mol. The van der Waals surface area contributed by atoms with Gasteiger partial charge in [0.05, 0.1) is 30.3 Å². The molecule has 0 atom stereocenters. The van der Waals surface area contributed by atoms with E-state index >= 15 is 0 Å². The molecule has 7 heteroatoms. The van der Waals surface area contributed by atoms with Crippen LogP contribution in [0.4, 0.5) is 0 Å². The Morgan fingerprint density at radius 2 is 1.87 bits per heavy atom. The Balaban J connectivity index is 1.67. The highest BCUT2D eigenvalue weighted by Gasteiger charge is 2.21. The molecule has 0 saturated carbocycles. The molecule has 0 spiro atoms. The van der Waals surface area contributed by atoms with Gasteiger partial charge in [0.15, 0.2) is 0 Å². The third kappa shape index (κ3) is 4.32. The summed E-state index contributed by atoms with van der Waals surface area (Å²) in [4.78, 5) is 16.0. The standard InChI is InChI=1S/C24H23N3O3S/c1-26(24(28)20-14-19(29-2)11-12-21(20)30-3)15-17-16-27(18-8-5-4-6-9-18)25-23(17)22-10-7-13-31-22/h4-14,16H,15H2,1-3H3. The Bertz CT molecular complexity index is 1170. The molecule has 0 radical (unpaired) electrons. The van der Waals surface area contributed by atoms with Gasteiger partial charge in [0.25, 0.3) is 5.91 Å². The Hall–Kier alpha value is -3.58. The molecule has 4 rings (SSSR count). The number of para-hydroxylation sites is 1. The molecule has 0 aliphatic heterocycles. The first-order valence-electron chi connectivity index (χ1n) is 9.76. The first kappa shape index (κ1) is 20.7. The average molecular weight is 434 g/mol. The Morgan fingerprint density at radius 1 is 1.06 bits per heavy atom. The van der Waals surface area contributed by atoms with E-state index in [1.807, 2.05) is 58.7 Å². The molecule has 0 aliphatic rings. The fourth-order valence-electron chi connectivity index (χ4n) is 3.37. The number of benzene rings is 2. The number of methoxy groups -OCH3 is 2. The van der Waals surface area contributed by atoms with Crippen molar-refractivity contribution in [1.82, 2.24) is 14.7 Å². The van der Waals surface area contributed by atoms with Crippen molar-refractivity contribution in [2.24, 2.45) is 0 Å². The van der Waals surface area contributed by atoms with Crippen LogP contribution in [0.5, 0.6) is 11.5 Å². The summed E-state index contributed by atoms with van der Waals surface area (Å²) in [5, 5.41) is 6.84. The normalized spacial score (nSPS) is 10.7. The van der Waals surface area contributed by atoms with Gasteiger partial charge in [0.1, 0.15) is 17.2 Å². The molecule has 0 unspecified atom stereocenters. The van der Waals surface area contributed by atoms with Crippen LogP contribution in [0.3, 0.4) is 0 Å². The monoisotopic (exact) mass is 433 g/mol. The first-order valence-corrected chi connectivity index (χ1v) is 10.6. The van der Waals surface area contributed by atoms with Crippen molar-refractivity contribution in [3.63, 3.8) is 0 Å². The number of thiophene rings is 1. The van der Waals surface area contributed by atoms with Gasteiger partial charge in [-0.05, 0) is 41.8 Å². The molecule has 4 aromatic rings. The third-order valence-electron chi connectivity index (χ3n) is 4.96. The number of hydrogen-bond donors (Lipinski definition) is 0. The molecule has 2 heterocycles. The minimum atomic E-state index is -0.152. The van der Waals surface area contributed by atoms with Gasteiger partial charge in [-0.1, -0.05) is 24.3 Å². The second-order valence-electron chi connectivity index (χ2n) is 6.99. The van der Waals surface area contributed by atoms with Crippen molar-refractivity contribution in [3.8, 4) is 27.8 Å². The Labute approximate surface area is 185 Å². The zero-order chi connectivity index (χ0) is 21.8. The number of ether oxygens (including phenoxy) is 2. The van der Waals surface area contributed by atoms with Crippen molar-refractivity contribution in [3.05, 3.63) is 83.4 Å². The lowest BCUT2D eigenvalue weighted by atomic mass is 10.1. The van der Waals surface area contributed by atoms with Crippen LogP contribution in [0.25, 0.3) is 16.3 Å². The van der Waals surface area contributed by atoms with Crippen LogP contribution in [0, 0.1) is 0 Å². The quantitative estimate of drug-likeness (QED) is 0.416. The van der Waals surface area contributed by atoms with E-state index < -0.39 is 0 Å². The summed E-state index contributed by atoms with van der Waals surface area (Å²) in [7, 11) is 4.90. The number of amides is 1. The van der Waals surface area contributed by atoms with E-state index in [4.69, 9.17) is 14.6 Å². The van der Waals surface area contributed by atoms with Gasteiger partial charge in [0.2, 0.25) is 0 Å². The van der Waals surface area contributed by atoms with Gasteiger partial charge in [-0.15, -0.1) is 11.3 Å². The van der Waals surface area contributed by atoms with Gasteiger partial charge in [0, 0.05) is 25.4 Å². The van der Waals surface area contributed by atoms with Gasteiger partial charge in [-0.25, -0.2) is 4.68 Å². The average Bonchev–Trinajstić information content (AvgIpc) is 3.48. The first-order chi connectivity index (χ1) is 15.1. The van der Waals surface area contributed by atoms with Crippen LogP contribution in [0.15, 0.2) is 72.2 Å². The molecule has 6 nitrogen and oxygen atoms in total. The number of nitrogens with zero attached hydrogens (tertiary/aromatic N) is 3. The highest BCUT2D eigenvalue weighted by Crippen LogP contribution is 2.30. The van der Waals surface area contributed by atoms with E-state index in [2.05, 4.69) is 0 Å². The molecule has 0 saturated heterocycles. The summed E-state index contributed by atoms with van der Waals surface area (Å²) >= 11 is 1.63. The van der Waals surface area contributed by atoms with Crippen LogP contribution in [0.1, 0.15) is 15.9 Å². The number of carbonyl (C=O) groups excluding carboxylic acids is 1. The summed E-state index contributed by atoms with van der Waals surface area (Å²) in [5.74, 6) is 0.963. The van der Waals surface area contributed by atoms with E-state index in [-0.39, 0.29) is 5.91 Å². The highest BCUT2D eigenvalue weighted by molar-refractivity contribution is 7.13. The van der Waals surface area contributed by atoms with Crippen LogP contribution in [-0.2, 0) is 6.54 Å². The molecule has 0 aliphatic carbocycles. The predicted molar refractivity (Wildman–Crippen MR) is 122 cm³/mol. The maximum atomic E-state index is 13.2. The van der Waals surface area contributed by atoms with Gasteiger partial charge < -0.3 is 14.4 Å². The summed E-state index contributed by atoms with van der Waals surface area (Å²) < 4.78 is 12.5. The number of aromatic nitrogens is 2. The van der Waals surface area contributed by atoms with Crippen molar-refractivity contribution in [2.75, 3.05) is 21.3 Å². The van der Waals surface area contributed by atoms with Crippen molar-refractivity contribution in [1.29, 1.82) is 0 Å². The molecule has 1 amide bonds. The van der Waals surface area contributed by atoms with E-state index in [1.165, 1.54) is 0 Å². The molecule has 158 valence electrons. The minimum Gasteiger partial charge on any atom is -0.497 e. The highest BCUT2D eigenvalue weighted by atomic mass is 32.1. The molecule has 0 fully saturated rings. The maximum absolute atomic E-state index is 13.2. The van der Waals surface area contributed by atoms with Crippen LogP contribution < -0.4 is 9.47 Å². The van der Waals surface area contributed by atoms with Crippen molar-refractivity contribution in [2.45, 2.75) is 6.54 Å². The lowest BCUT2D eigenvalue weighted by molar-refractivity contribution is 0.0781. The SMILES string of the molecule is COc1ccc(OC)c(C(=O)N(C)Cc2cn(-c3ccccc3)nc2-c2cccs2)c1.